The highest BCUT2D eigenvalue weighted by Gasteiger charge is 2.26. The molecule has 5 rings (SSSR count). The van der Waals surface area contributed by atoms with E-state index < -0.39 is 0 Å². The first kappa shape index (κ1) is 19.3. The Labute approximate surface area is 183 Å². The molecule has 0 spiro atoms. The number of hydrogen-bond acceptors (Lipinski definition) is 4. The lowest BCUT2D eigenvalue weighted by atomic mass is 10.0. The average molecular weight is 440 g/mol. The van der Waals surface area contributed by atoms with Gasteiger partial charge in [0.1, 0.15) is 4.83 Å². The van der Waals surface area contributed by atoms with Gasteiger partial charge in [-0.05, 0) is 37.5 Å². The molecule has 0 unspecified atom stereocenters. The predicted octanol–water partition coefficient (Wildman–Crippen LogP) is 4.78. The largest absolute Gasteiger partial charge is 0.338 e. The van der Waals surface area contributed by atoms with E-state index in [-0.39, 0.29) is 5.91 Å². The van der Waals surface area contributed by atoms with Gasteiger partial charge in [-0.1, -0.05) is 29.8 Å². The van der Waals surface area contributed by atoms with Gasteiger partial charge in [-0.2, -0.15) is 5.10 Å². The van der Waals surface area contributed by atoms with Crippen LogP contribution < -0.4 is 0 Å². The summed E-state index contributed by atoms with van der Waals surface area (Å²) in [6.07, 6.45) is 7.57. The molecule has 1 aliphatic rings. The second-order valence-electron chi connectivity index (χ2n) is 7.70. The number of halogens is 1. The highest BCUT2D eigenvalue weighted by Crippen LogP contribution is 2.31. The number of imidazole rings is 1. The summed E-state index contributed by atoms with van der Waals surface area (Å²) in [6, 6.07) is 10.2. The van der Waals surface area contributed by atoms with Gasteiger partial charge in [0.2, 0.25) is 0 Å². The molecule has 1 fully saturated rings. The van der Waals surface area contributed by atoms with Crippen molar-refractivity contribution in [1.29, 1.82) is 0 Å². The van der Waals surface area contributed by atoms with E-state index in [0.29, 0.717) is 12.6 Å². The molecular formula is C22H22ClN5OS. The first-order chi connectivity index (χ1) is 14.6. The Kier molecular flexibility index (Phi) is 5.08. The second-order valence-corrected chi connectivity index (χ2v) is 9.14. The predicted molar refractivity (Wildman–Crippen MR) is 119 cm³/mol. The van der Waals surface area contributed by atoms with Crippen LogP contribution >= 0.6 is 22.9 Å². The third-order valence-electron chi connectivity index (χ3n) is 5.79. The molecule has 30 heavy (non-hydrogen) atoms. The van der Waals surface area contributed by atoms with Gasteiger partial charge in [-0.25, -0.2) is 4.98 Å². The molecule has 1 aromatic carbocycles. The molecule has 0 bridgehead atoms. The molecule has 0 aliphatic carbocycles. The first-order valence-electron chi connectivity index (χ1n) is 10.1. The Bertz CT molecular complexity index is 1190. The molecule has 0 atom stereocenters. The smallest absolute Gasteiger partial charge is 0.264 e. The Hall–Kier alpha value is -2.64. The Morgan fingerprint density at radius 3 is 2.80 bits per heavy atom. The number of benzene rings is 1. The molecule has 8 heteroatoms. The number of fused-ring (bicyclic) bond motifs is 1. The van der Waals surface area contributed by atoms with Gasteiger partial charge >= 0.3 is 0 Å². The lowest BCUT2D eigenvalue weighted by Crippen LogP contribution is -2.38. The fourth-order valence-electron chi connectivity index (χ4n) is 4.12. The Balaban J connectivity index is 1.35. The van der Waals surface area contributed by atoms with Crippen molar-refractivity contribution >= 4 is 39.1 Å². The first-order valence-corrected chi connectivity index (χ1v) is 11.3. The molecule has 6 nitrogen and oxygen atoms in total. The molecule has 3 aromatic heterocycles. The summed E-state index contributed by atoms with van der Waals surface area (Å²) in [5, 5.41) is 6.45. The highest BCUT2D eigenvalue weighted by molar-refractivity contribution is 7.20. The van der Waals surface area contributed by atoms with Crippen LogP contribution in [-0.2, 0) is 6.54 Å². The highest BCUT2D eigenvalue weighted by atomic mass is 35.5. The van der Waals surface area contributed by atoms with E-state index in [1.54, 1.807) is 0 Å². The number of nitrogens with zero attached hydrogens (tertiary/aromatic N) is 5. The number of carbonyl (C=O) groups is 1. The minimum atomic E-state index is 0.115. The Morgan fingerprint density at radius 1 is 1.27 bits per heavy atom. The summed E-state index contributed by atoms with van der Waals surface area (Å²) in [4.78, 5) is 21.1. The number of hydrogen-bond donors (Lipinski definition) is 0. The Morgan fingerprint density at radius 2 is 2.07 bits per heavy atom. The van der Waals surface area contributed by atoms with E-state index >= 15 is 0 Å². The van der Waals surface area contributed by atoms with Gasteiger partial charge < -0.3 is 9.47 Å². The monoisotopic (exact) mass is 439 g/mol. The second kappa shape index (κ2) is 7.89. The topological polar surface area (TPSA) is 56.0 Å². The maximum atomic E-state index is 13.2. The molecule has 154 valence electrons. The zero-order chi connectivity index (χ0) is 20.7. The average Bonchev–Trinajstić information content (AvgIpc) is 3.49. The summed E-state index contributed by atoms with van der Waals surface area (Å²) in [6.45, 7) is 4.11. The lowest BCUT2D eigenvalue weighted by molar-refractivity contribution is 0.0699. The third kappa shape index (κ3) is 3.52. The lowest BCUT2D eigenvalue weighted by Gasteiger charge is -2.32. The van der Waals surface area contributed by atoms with Crippen LogP contribution in [0.1, 0.15) is 39.8 Å². The zero-order valence-electron chi connectivity index (χ0n) is 16.7. The van der Waals surface area contributed by atoms with Crippen molar-refractivity contribution < 1.29 is 4.79 Å². The van der Waals surface area contributed by atoms with E-state index in [2.05, 4.69) is 14.6 Å². The maximum Gasteiger partial charge on any atom is 0.264 e. The summed E-state index contributed by atoms with van der Waals surface area (Å²) in [7, 11) is 0. The molecule has 4 heterocycles. The molecule has 0 N–H and O–H groups in total. The SMILES string of the molecule is Cc1nn(Cc2ccccc2Cl)c2sc(C(=O)N3CCC(n4ccnc4)CC3)cc12. The van der Waals surface area contributed by atoms with Crippen molar-refractivity contribution in [2.75, 3.05) is 13.1 Å². The summed E-state index contributed by atoms with van der Waals surface area (Å²) in [5.41, 5.74) is 1.96. The third-order valence-corrected chi connectivity index (χ3v) is 7.30. The van der Waals surface area contributed by atoms with Crippen LogP contribution in [0.2, 0.25) is 5.02 Å². The summed E-state index contributed by atoms with van der Waals surface area (Å²) < 4.78 is 4.10. The summed E-state index contributed by atoms with van der Waals surface area (Å²) >= 11 is 7.86. The number of carbonyl (C=O) groups excluding carboxylic acids is 1. The van der Waals surface area contributed by atoms with Crippen LogP contribution in [0.4, 0.5) is 0 Å². The minimum Gasteiger partial charge on any atom is -0.338 e. The number of amides is 1. The van der Waals surface area contributed by atoms with Crippen molar-refractivity contribution in [2.45, 2.75) is 32.4 Å². The number of likely N-dealkylation sites (tertiary alicyclic amines) is 1. The van der Waals surface area contributed by atoms with Gasteiger partial charge in [-0.15, -0.1) is 11.3 Å². The van der Waals surface area contributed by atoms with Crippen LogP contribution in [0.5, 0.6) is 0 Å². The molecule has 1 saturated heterocycles. The zero-order valence-corrected chi connectivity index (χ0v) is 18.2. The van der Waals surface area contributed by atoms with Crippen molar-refractivity contribution in [1.82, 2.24) is 24.2 Å². The van der Waals surface area contributed by atoms with Crippen molar-refractivity contribution in [3.05, 3.63) is 70.2 Å². The molecular weight excluding hydrogens is 418 g/mol. The van der Waals surface area contributed by atoms with Crippen LogP contribution in [0.3, 0.4) is 0 Å². The van der Waals surface area contributed by atoms with Crippen LogP contribution in [-0.4, -0.2) is 43.2 Å². The van der Waals surface area contributed by atoms with E-state index in [1.165, 1.54) is 11.3 Å². The van der Waals surface area contributed by atoms with E-state index in [1.807, 2.05) is 65.6 Å². The molecule has 4 aromatic rings. The fourth-order valence-corrected chi connectivity index (χ4v) is 5.45. The van der Waals surface area contributed by atoms with Crippen LogP contribution in [0.15, 0.2) is 49.1 Å². The van der Waals surface area contributed by atoms with Gasteiger partial charge in [-0.3, -0.25) is 9.48 Å². The normalized spacial score (nSPS) is 15.2. The summed E-state index contributed by atoms with van der Waals surface area (Å²) in [5.74, 6) is 0.115. The van der Waals surface area contributed by atoms with Crippen molar-refractivity contribution in [2.24, 2.45) is 0 Å². The van der Waals surface area contributed by atoms with E-state index in [4.69, 9.17) is 11.6 Å². The van der Waals surface area contributed by atoms with Gasteiger partial charge in [0.15, 0.2) is 0 Å². The fraction of sp³-hybridized carbons (Fsp3) is 0.318. The standard InChI is InChI=1S/C22H22ClN5OS/c1-15-18-12-20(21(29)26-9-6-17(7-10-26)27-11-8-24-14-27)30-22(18)28(25-15)13-16-4-2-3-5-19(16)23/h2-5,8,11-12,14,17H,6-7,9-10,13H2,1H3. The van der Waals surface area contributed by atoms with Crippen molar-refractivity contribution in [3.8, 4) is 0 Å². The van der Waals surface area contributed by atoms with E-state index in [9.17, 15) is 4.79 Å². The van der Waals surface area contributed by atoms with Crippen LogP contribution in [0, 0.1) is 6.92 Å². The molecule has 1 amide bonds. The van der Waals surface area contributed by atoms with Gasteiger partial charge in [0.25, 0.3) is 5.91 Å². The minimum absolute atomic E-state index is 0.115. The van der Waals surface area contributed by atoms with Crippen molar-refractivity contribution in [3.63, 3.8) is 0 Å². The maximum absolute atomic E-state index is 13.2. The van der Waals surface area contributed by atoms with Crippen LogP contribution in [0.25, 0.3) is 10.2 Å². The number of aryl methyl sites for hydroxylation is 1. The number of aromatic nitrogens is 4. The molecule has 0 radical (unpaired) electrons. The number of rotatable bonds is 4. The number of thiophene rings is 1. The van der Waals surface area contributed by atoms with E-state index in [0.717, 1.165) is 57.3 Å². The quantitative estimate of drug-likeness (QED) is 0.459. The molecule has 0 saturated carbocycles. The molecule has 1 aliphatic heterocycles. The number of piperidine rings is 1. The van der Waals surface area contributed by atoms with Gasteiger partial charge in [0, 0.05) is 41.9 Å². The van der Waals surface area contributed by atoms with Gasteiger partial charge in [0.05, 0.1) is 23.4 Å².